The number of nitrogens with zero attached hydrogens (tertiary/aromatic N) is 1. The topological polar surface area (TPSA) is 142 Å². The van der Waals surface area contributed by atoms with E-state index in [1.54, 1.807) is 30.0 Å². The summed E-state index contributed by atoms with van der Waals surface area (Å²) in [7, 11) is 0. The number of nitro benzene ring substituents is 1. The minimum atomic E-state index is -0.567. The number of nitro groups is 1. The smallest absolute Gasteiger partial charge is 0.269 e. The van der Waals surface area contributed by atoms with Crippen molar-refractivity contribution in [2.75, 3.05) is 27.5 Å². The fraction of sp³-hybridized carbons (Fsp3) is 0.190. The number of fused-ring (bicyclic) bond motifs is 1. The zero-order valence-electron chi connectivity index (χ0n) is 16.7. The number of anilines is 3. The van der Waals surface area contributed by atoms with E-state index < -0.39 is 22.4 Å². The summed E-state index contributed by atoms with van der Waals surface area (Å²) in [5, 5.41) is 22.2. The van der Waals surface area contributed by atoms with Crippen molar-refractivity contribution in [1.29, 1.82) is 0 Å². The standard InChI is InChI=1S/C21H19N5O5S/c27-18(22-13-1-4-15(5-2-13)26(30)31)7-8-19(28)23-14-3-6-17-16(11-14)20(29)25-21(24-17)9-10-32-12-21/h1-8,11,24H,9-10,12H2,(H,22,27)(H,23,28)(H,25,29)/b8-7+. The molecule has 1 fully saturated rings. The summed E-state index contributed by atoms with van der Waals surface area (Å²) in [6, 6.07) is 10.3. The zero-order chi connectivity index (χ0) is 22.7. The number of hydrogen-bond donors (Lipinski definition) is 4. The molecular formula is C21H19N5O5S. The van der Waals surface area contributed by atoms with E-state index in [0.29, 0.717) is 22.6 Å². The van der Waals surface area contributed by atoms with E-state index in [1.807, 2.05) is 0 Å². The van der Waals surface area contributed by atoms with Crippen molar-refractivity contribution < 1.29 is 19.3 Å². The highest BCUT2D eigenvalue weighted by atomic mass is 32.2. The predicted molar refractivity (Wildman–Crippen MR) is 122 cm³/mol. The van der Waals surface area contributed by atoms with Crippen LogP contribution in [0.25, 0.3) is 0 Å². The summed E-state index contributed by atoms with van der Waals surface area (Å²) in [5.41, 5.74) is 1.42. The maximum absolute atomic E-state index is 12.6. The van der Waals surface area contributed by atoms with E-state index in [1.165, 1.54) is 24.3 Å². The summed E-state index contributed by atoms with van der Waals surface area (Å²) in [6.45, 7) is 0. The maximum atomic E-state index is 12.6. The van der Waals surface area contributed by atoms with Gasteiger partial charge < -0.3 is 21.3 Å². The Morgan fingerprint density at radius 3 is 2.31 bits per heavy atom. The molecule has 0 saturated carbocycles. The monoisotopic (exact) mass is 453 g/mol. The Balaban J connectivity index is 1.35. The molecule has 0 aliphatic carbocycles. The third kappa shape index (κ3) is 4.72. The number of rotatable bonds is 5. The number of hydrogen-bond acceptors (Lipinski definition) is 7. The van der Waals surface area contributed by atoms with Gasteiger partial charge in [0.2, 0.25) is 11.8 Å². The van der Waals surface area contributed by atoms with Crippen LogP contribution in [-0.2, 0) is 9.59 Å². The Kier molecular flexibility index (Phi) is 5.82. The van der Waals surface area contributed by atoms with Crippen LogP contribution in [0.4, 0.5) is 22.7 Å². The number of thioether (sulfide) groups is 1. The number of nitrogens with one attached hydrogen (secondary N) is 4. The lowest BCUT2D eigenvalue weighted by atomic mass is 10.0. The Hall–Kier alpha value is -3.86. The van der Waals surface area contributed by atoms with Crippen LogP contribution in [0, 0.1) is 10.1 Å². The van der Waals surface area contributed by atoms with E-state index >= 15 is 0 Å². The molecule has 32 heavy (non-hydrogen) atoms. The second-order valence-corrected chi connectivity index (χ2v) is 8.45. The van der Waals surface area contributed by atoms with Crippen molar-refractivity contribution in [3.63, 3.8) is 0 Å². The van der Waals surface area contributed by atoms with Gasteiger partial charge in [-0.25, -0.2) is 0 Å². The summed E-state index contributed by atoms with van der Waals surface area (Å²) >= 11 is 1.78. The van der Waals surface area contributed by atoms with Crippen molar-refractivity contribution in [2.45, 2.75) is 12.1 Å². The van der Waals surface area contributed by atoms with Crippen LogP contribution in [-0.4, -0.2) is 39.8 Å². The second-order valence-electron chi connectivity index (χ2n) is 7.34. The first-order valence-electron chi connectivity index (χ1n) is 9.71. The van der Waals surface area contributed by atoms with Crippen LogP contribution in [0.5, 0.6) is 0 Å². The molecule has 1 spiro atoms. The van der Waals surface area contributed by atoms with E-state index in [4.69, 9.17) is 0 Å². The molecule has 11 heteroatoms. The molecule has 0 radical (unpaired) electrons. The lowest BCUT2D eigenvalue weighted by molar-refractivity contribution is -0.384. The highest BCUT2D eigenvalue weighted by Crippen LogP contribution is 2.35. The number of carbonyl (C=O) groups is 3. The fourth-order valence-electron chi connectivity index (χ4n) is 3.44. The van der Waals surface area contributed by atoms with Crippen molar-refractivity contribution >= 4 is 52.2 Å². The van der Waals surface area contributed by atoms with Gasteiger partial charge in [-0.3, -0.25) is 24.5 Å². The van der Waals surface area contributed by atoms with Gasteiger partial charge in [0.1, 0.15) is 5.66 Å². The Bertz CT molecular complexity index is 1130. The van der Waals surface area contributed by atoms with Crippen LogP contribution in [0.2, 0.25) is 0 Å². The lowest BCUT2D eigenvalue weighted by Gasteiger charge is -2.37. The normalized spacial score (nSPS) is 19.2. The number of benzene rings is 2. The van der Waals surface area contributed by atoms with Crippen molar-refractivity contribution in [3.8, 4) is 0 Å². The van der Waals surface area contributed by atoms with Crippen LogP contribution < -0.4 is 21.3 Å². The molecule has 10 nitrogen and oxygen atoms in total. The largest absolute Gasteiger partial charge is 0.361 e. The average molecular weight is 453 g/mol. The first kappa shape index (κ1) is 21.4. The molecule has 0 bridgehead atoms. The minimum absolute atomic E-state index is 0.0934. The van der Waals surface area contributed by atoms with Gasteiger partial charge in [-0.2, -0.15) is 11.8 Å². The van der Waals surface area contributed by atoms with E-state index in [9.17, 15) is 24.5 Å². The molecule has 0 aromatic heterocycles. The average Bonchev–Trinajstić information content (AvgIpc) is 3.20. The zero-order valence-corrected chi connectivity index (χ0v) is 17.5. The molecule has 2 aromatic carbocycles. The van der Waals surface area contributed by atoms with Gasteiger partial charge >= 0.3 is 0 Å². The molecule has 1 unspecified atom stereocenters. The molecule has 2 heterocycles. The van der Waals surface area contributed by atoms with Crippen LogP contribution in [0.1, 0.15) is 16.8 Å². The Labute approximate surface area is 187 Å². The van der Waals surface area contributed by atoms with Crippen molar-refractivity contribution in [3.05, 3.63) is 70.3 Å². The molecule has 2 aliphatic rings. The molecular weight excluding hydrogens is 434 g/mol. The van der Waals surface area contributed by atoms with Gasteiger partial charge in [-0.1, -0.05) is 0 Å². The Morgan fingerprint density at radius 1 is 1.03 bits per heavy atom. The highest BCUT2D eigenvalue weighted by molar-refractivity contribution is 7.99. The molecule has 2 aliphatic heterocycles. The molecule has 1 saturated heterocycles. The number of carbonyl (C=O) groups excluding carboxylic acids is 3. The van der Waals surface area contributed by atoms with E-state index in [-0.39, 0.29) is 11.6 Å². The predicted octanol–water partition coefficient (Wildman–Crippen LogP) is 2.72. The van der Waals surface area contributed by atoms with Gasteiger partial charge in [0.25, 0.3) is 11.6 Å². The minimum Gasteiger partial charge on any atom is -0.361 e. The van der Waals surface area contributed by atoms with Crippen LogP contribution in [0.3, 0.4) is 0 Å². The molecule has 4 N–H and O–H groups in total. The molecule has 3 amide bonds. The maximum Gasteiger partial charge on any atom is 0.269 e. The number of non-ortho nitro benzene ring substituents is 1. The van der Waals surface area contributed by atoms with Crippen LogP contribution >= 0.6 is 11.8 Å². The van der Waals surface area contributed by atoms with Gasteiger partial charge in [0.15, 0.2) is 0 Å². The van der Waals surface area contributed by atoms with Crippen LogP contribution in [0.15, 0.2) is 54.6 Å². The molecule has 164 valence electrons. The first-order valence-corrected chi connectivity index (χ1v) is 10.9. The SMILES string of the molecule is O=C(/C=C/C(=O)Nc1ccc2c(c1)C(=O)NC1(CCSC1)N2)Nc1ccc([N+](=O)[O-])cc1. The highest BCUT2D eigenvalue weighted by Gasteiger charge is 2.40. The first-order chi connectivity index (χ1) is 15.3. The molecule has 4 rings (SSSR count). The quantitative estimate of drug-likeness (QED) is 0.310. The molecule has 2 aromatic rings. The van der Waals surface area contributed by atoms with Gasteiger partial charge in [-0.05, 0) is 42.5 Å². The lowest BCUT2D eigenvalue weighted by Crippen LogP contribution is -2.57. The molecule has 1 atom stereocenters. The van der Waals surface area contributed by atoms with E-state index in [2.05, 4.69) is 21.3 Å². The van der Waals surface area contributed by atoms with Gasteiger partial charge in [0.05, 0.1) is 10.5 Å². The van der Waals surface area contributed by atoms with Crippen molar-refractivity contribution in [1.82, 2.24) is 5.32 Å². The summed E-state index contributed by atoms with van der Waals surface area (Å²) in [4.78, 5) is 46.8. The van der Waals surface area contributed by atoms with Gasteiger partial charge in [-0.15, -0.1) is 0 Å². The second kappa shape index (κ2) is 8.71. The Morgan fingerprint density at radius 2 is 1.69 bits per heavy atom. The summed E-state index contributed by atoms with van der Waals surface area (Å²) in [6.07, 6.45) is 2.95. The summed E-state index contributed by atoms with van der Waals surface area (Å²) in [5.74, 6) is 0.458. The van der Waals surface area contributed by atoms with Gasteiger partial charge in [0, 0.05) is 47.1 Å². The summed E-state index contributed by atoms with van der Waals surface area (Å²) < 4.78 is 0. The van der Waals surface area contributed by atoms with E-state index in [0.717, 1.165) is 30.1 Å². The fourth-order valence-corrected chi connectivity index (χ4v) is 4.71. The number of amides is 3. The third-order valence-corrected chi connectivity index (χ3v) is 6.20. The van der Waals surface area contributed by atoms with Crippen molar-refractivity contribution in [2.24, 2.45) is 0 Å². The third-order valence-electron chi connectivity index (χ3n) is 5.01.